The molecule has 1 aromatic heterocycles. The maximum atomic E-state index is 12.1. The summed E-state index contributed by atoms with van der Waals surface area (Å²) in [7, 11) is 1.18. The van der Waals surface area contributed by atoms with Gasteiger partial charge in [-0.3, -0.25) is 9.59 Å². The number of rotatable bonds is 6. The van der Waals surface area contributed by atoms with Crippen LogP contribution in [0, 0.1) is 0 Å². The van der Waals surface area contributed by atoms with Gasteiger partial charge in [-0.2, -0.15) is 5.10 Å². The van der Waals surface area contributed by atoms with Gasteiger partial charge < -0.3 is 4.90 Å². The summed E-state index contributed by atoms with van der Waals surface area (Å²) in [4.78, 5) is 25.7. The van der Waals surface area contributed by atoms with Gasteiger partial charge in [0.05, 0.1) is 10.6 Å². The van der Waals surface area contributed by atoms with Gasteiger partial charge in [0.25, 0.3) is 0 Å². The lowest BCUT2D eigenvalue weighted by atomic mass is 10.2. The van der Waals surface area contributed by atoms with Crippen molar-refractivity contribution < 1.29 is 13.2 Å². The number of aromatic nitrogens is 2. The highest BCUT2D eigenvalue weighted by molar-refractivity contribution is 7.89. The smallest absolute Gasteiger partial charge is 0.240 e. The van der Waals surface area contributed by atoms with Crippen LogP contribution in [0.1, 0.15) is 10.5 Å². The maximum absolute atomic E-state index is 12.1. The Morgan fingerprint density at radius 1 is 1.28 bits per heavy atom. The first-order chi connectivity index (χ1) is 11.7. The summed E-state index contributed by atoms with van der Waals surface area (Å²) < 4.78 is 27.3. The number of carbonyl (C=O) groups is 1. The molecule has 0 aliphatic heterocycles. The first-order valence-electron chi connectivity index (χ1n) is 7.27. The van der Waals surface area contributed by atoms with Gasteiger partial charge in [-0.25, -0.2) is 17.8 Å². The van der Waals surface area contributed by atoms with Crippen LogP contribution in [0.15, 0.2) is 58.5 Å². The lowest BCUT2D eigenvalue weighted by molar-refractivity contribution is 0.103. The molecule has 9 heteroatoms. The first-order valence-corrected chi connectivity index (χ1v) is 8.76. The molecule has 0 fully saturated rings. The van der Waals surface area contributed by atoms with Crippen molar-refractivity contribution in [3.05, 3.63) is 64.7 Å². The fourth-order valence-corrected chi connectivity index (χ4v) is 2.70. The molecule has 0 aliphatic rings. The van der Waals surface area contributed by atoms with E-state index >= 15 is 0 Å². The average molecular weight is 362 g/mol. The van der Waals surface area contributed by atoms with Gasteiger partial charge >= 0.3 is 0 Å². The number of nitrogens with zero attached hydrogens (tertiary/aromatic N) is 3. The molecule has 2 aromatic rings. The second kappa shape index (κ2) is 7.41. The minimum atomic E-state index is -3.62. The van der Waals surface area contributed by atoms with Crippen LogP contribution < -0.4 is 10.2 Å². The zero-order chi connectivity index (χ0) is 18.6. The third-order valence-electron chi connectivity index (χ3n) is 3.23. The Labute approximate surface area is 145 Å². The third-order valence-corrected chi connectivity index (χ3v) is 4.64. The summed E-state index contributed by atoms with van der Waals surface area (Å²) >= 11 is 0. The van der Waals surface area contributed by atoms with Crippen molar-refractivity contribution in [2.24, 2.45) is 0 Å². The van der Waals surface area contributed by atoms with E-state index in [1.165, 1.54) is 48.4 Å². The lowest BCUT2D eigenvalue weighted by Gasteiger charge is -2.09. The third kappa shape index (κ3) is 4.40. The van der Waals surface area contributed by atoms with Crippen LogP contribution in [0.4, 0.5) is 0 Å². The molecule has 0 saturated carbocycles. The standard InChI is InChI=1S/C16H18N4O4S/c1-17-25(23,24)13-6-4-5-12(11-13)20-10-8-15(22)16(18-20)14(21)7-9-19(2)3/h4-11,17H,1-3H3/b9-7+. The average Bonchev–Trinajstić information content (AvgIpc) is 2.60. The molecule has 0 spiro atoms. The predicted octanol–water partition coefficient (Wildman–Crippen LogP) is 0.399. The molecule has 0 saturated heterocycles. The summed E-state index contributed by atoms with van der Waals surface area (Å²) in [5.41, 5.74) is -0.354. The minimum absolute atomic E-state index is 0.0494. The van der Waals surface area contributed by atoms with Crippen LogP contribution in [-0.2, 0) is 10.0 Å². The van der Waals surface area contributed by atoms with Gasteiger partial charge in [0.1, 0.15) is 0 Å². The highest BCUT2D eigenvalue weighted by Gasteiger charge is 2.14. The summed E-state index contributed by atoms with van der Waals surface area (Å²) in [5, 5.41) is 4.04. The molecule has 1 aromatic carbocycles. The number of hydrogen-bond acceptors (Lipinski definition) is 6. The topological polar surface area (TPSA) is 101 Å². The van der Waals surface area contributed by atoms with Gasteiger partial charge in [0.2, 0.25) is 21.2 Å². The van der Waals surface area contributed by atoms with Crippen molar-refractivity contribution in [1.82, 2.24) is 19.4 Å². The summed E-state index contributed by atoms with van der Waals surface area (Å²) in [6.45, 7) is 0. The Morgan fingerprint density at radius 2 is 2.00 bits per heavy atom. The van der Waals surface area contributed by atoms with Gasteiger partial charge in [-0.05, 0) is 25.2 Å². The summed E-state index contributed by atoms with van der Waals surface area (Å²) in [5.74, 6) is -0.535. The SMILES string of the molecule is CNS(=O)(=O)c1cccc(-n2ccc(=O)c(C(=O)/C=C/N(C)C)n2)c1. The van der Waals surface area contributed by atoms with Gasteiger partial charge in [0, 0.05) is 38.6 Å². The molecule has 0 aliphatic carbocycles. The Hall–Kier alpha value is -2.78. The second-order valence-corrected chi connectivity index (χ2v) is 7.21. The Bertz CT molecular complexity index is 978. The van der Waals surface area contributed by atoms with Gasteiger partial charge in [-0.1, -0.05) is 6.07 Å². The maximum Gasteiger partial charge on any atom is 0.240 e. The minimum Gasteiger partial charge on any atom is -0.383 e. The van der Waals surface area contributed by atoms with Gasteiger partial charge in [-0.15, -0.1) is 0 Å². The number of ketones is 1. The molecule has 1 N–H and O–H groups in total. The normalized spacial score (nSPS) is 11.6. The quantitative estimate of drug-likeness (QED) is 0.590. The number of benzene rings is 1. The Kier molecular flexibility index (Phi) is 5.50. The molecule has 8 nitrogen and oxygen atoms in total. The molecular weight excluding hydrogens is 344 g/mol. The van der Waals surface area contributed by atoms with E-state index in [0.29, 0.717) is 5.69 Å². The zero-order valence-electron chi connectivity index (χ0n) is 14.0. The molecule has 0 atom stereocenters. The molecule has 25 heavy (non-hydrogen) atoms. The van der Waals surface area contributed by atoms with Crippen LogP contribution in [0.2, 0.25) is 0 Å². The van der Waals surface area contributed by atoms with Crippen LogP contribution in [-0.4, -0.2) is 50.0 Å². The molecule has 0 bridgehead atoms. The monoisotopic (exact) mass is 362 g/mol. The van der Waals surface area contributed by atoms with Crippen molar-refractivity contribution in [3.8, 4) is 5.69 Å². The molecule has 132 valence electrons. The van der Waals surface area contributed by atoms with E-state index in [4.69, 9.17) is 0 Å². The lowest BCUT2D eigenvalue weighted by Crippen LogP contribution is -2.21. The van der Waals surface area contributed by atoms with E-state index in [2.05, 4.69) is 9.82 Å². The van der Waals surface area contributed by atoms with Crippen molar-refractivity contribution >= 4 is 15.8 Å². The molecule has 0 radical (unpaired) electrons. The van der Waals surface area contributed by atoms with E-state index in [1.54, 1.807) is 31.1 Å². The highest BCUT2D eigenvalue weighted by Crippen LogP contribution is 2.13. The largest absolute Gasteiger partial charge is 0.383 e. The number of nitrogens with one attached hydrogen (secondary N) is 1. The highest BCUT2D eigenvalue weighted by atomic mass is 32.2. The van der Waals surface area contributed by atoms with E-state index < -0.39 is 21.2 Å². The van der Waals surface area contributed by atoms with Crippen LogP contribution in [0.5, 0.6) is 0 Å². The van der Waals surface area contributed by atoms with E-state index in [9.17, 15) is 18.0 Å². The predicted molar refractivity (Wildman–Crippen MR) is 93.2 cm³/mol. The first kappa shape index (κ1) is 18.6. The molecule has 0 unspecified atom stereocenters. The number of carbonyl (C=O) groups excluding carboxylic acids is 1. The zero-order valence-corrected chi connectivity index (χ0v) is 14.8. The van der Waals surface area contributed by atoms with Crippen molar-refractivity contribution in [1.29, 1.82) is 0 Å². The fraction of sp³-hybridized carbons (Fsp3) is 0.188. The van der Waals surface area contributed by atoms with Gasteiger partial charge in [0.15, 0.2) is 5.69 Å². The molecular formula is C16H18N4O4S. The molecule has 1 heterocycles. The fourth-order valence-electron chi connectivity index (χ4n) is 1.93. The van der Waals surface area contributed by atoms with E-state index in [1.807, 2.05) is 0 Å². The number of sulfonamides is 1. The number of hydrogen-bond donors (Lipinski definition) is 1. The van der Waals surface area contributed by atoms with Crippen molar-refractivity contribution in [3.63, 3.8) is 0 Å². The van der Waals surface area contributed by atoms with Crippen LogP contribution >= 0.6 is 0 Å². The van der Waals surface area contributed by atoms with Crippen molar-refractivity contribution in [2.75, 3.05) is 21.1 Å². The van der Waals surface area contributed by atoms with Crippen LogP contribution in [0.25, 0.3) is 5.69 Å². The molecule has 0 amide bonds. The summed E-state index contributed by atoms with van der Waals surface area (Å²) in [6, 6.07) is 7.21. The Balaban J connectivity index is 2.49. The summed E-state index contributed by atoms with van der Waals surface area (Å²) in [6.07, 6.45) is 4.14. The van der Waals surface area contributed by atoms with E-state index in [-0.39, 0.29) is 10.6 Å². The second-order valence-electron chi connectivity index (χ2n) is 5.32. The molecule has 2 rings (SSSR count). The van der Waals surface area contributed by atoms with E-state index in [0.717, 1.165) is 0 Å². The number of allylic oxidation sites excluding steroid dienone is 1. The van der Waals surface area contributed by atoms with Crippen LogP contribution in [0.3, 0.4) is 0 Å². The Morgan fingerprint density at radius 3 is 2.64 bits per heavy atom. The van der Waals surface area contributed by atoms with Crippen molar-refractivity contribution in [2.45, 2.75) is 4.90 Å².